The summed E-state index contributed by atoms with van der Waals surface area (Å²) >= 11 is 0. The maximum atomic E-state index is 12.4. The predicted molar refractivity (Wildman–Crippen MR) is 76.0 cm³/mol. The molecule has 0 aliphatic heterocycles. The zero-order valence-corrected chi connectivity index (χ0v) is 10.9. The topological polar surface area (TPSA) is 71.2 Å². The molecule has 0 fully saturated rings. The van der Waals surface area contributed by atoms with E-state index in [-0.39, 0.29) is 5.91 Å². The Morgan fingerprint density at radius 3 is 2.58 bits per heavy atom. The van der Waals surface area contributed by atoms with E-state index in [1.165, 1.54) is 0 Å². The van der Waals surface area contributed by atoms with Crippen molar-refractivity contribution in [2.24, 2.45) is 5.84 Å². The molecule has 0 atom stereocenters. The first-order chi connectivity index (χ1) is 9.13. The number of hydrogen-bond acceptors (Lipinski definition) is 4. The van der Waals surface area contributed by atoms with Gasteiger partial charge in [0.05, 0.1) is 5.56 Å². The third-order valence-corrected chi connectivity index (χ3v) is 2.90. The Morgan fingerprint density at radius 2 is 1.95 bits per heavy atom. The summed E-state index contributed by atoms with van der Waals surface area (Å²) in [7, 11) is 1.72. The van der Waals surface area contributed by atoms with E-state index in [1.54, 1.807) is 30.3 Å². The van der Waals surface area contributed by atoms with Crippen molar-refractivity contribution in [3.05, 3.63) is 53.7 Å². The summed E-state index contributed by atoms with van der Waals surface area (Å²) in [5.74, 6) is 5.57. The van der Waals surface area contributed by atoms with Crippen LogP contribution in [0, 0.1) is 6.92 Å². The van der Waals surface area contributed by atoms with Crippen LogP contribution in [0.2, 0.25) is 0 Å². The first-order valence-corrected chi connectivity index (χ1v) is 5.90. The van der Waals surface area contributed by atoms with Crippen molar-refractivity contribution in [2.45, 2.75) is 6.92 Å². The lowest BCUT2D eigenvalue weighted by Crippen LogP contribution is -2.28. The van der Waals surface area contributed by atoms with E-state index in [0.29, 0.717) is 11.4 Å². The maximum Gasteiger partial charge on any atom is 0.261 e. The second-order valence-electron chi connectivity index (χ2n) is 4.24. The third-order valence-electron chi connectivity index (χ3n) is 2.90. The lowest BCUT2D eigenvalue weighted by Gasteiger charge is -2.18. The smallest absolute Gasteiger partial charge is 0.261 e. The van der Waals surface area contributed by atoms with Crippen LogP contribution in [-0.4, -0.2) is 17.9 Å². The van der Waals surface area contributed by atoms with Crippen LogP contribution < -0.4 is 16.2 Å². The number of carbonyl (C=O) groups excluding carboxylic acids is 1. The fourth-order valence-corrected chi connectivity index (χ4v) is 1.76. The summed E-state index contributed by atoms with van der Waals surface area (Å²) in [5, 5.41) is 0. The second-order valence-corrected chi connectivity index (χ2v) is 4.24. The van der Waals surface area contributed by atoms with Crippen molar-refractivity contribution < 1.29 is 4.79 Å². The van der Waals surface area contributed by atoms with E-state index in [1.807, 2.05) is 31.2 Å². The predicted octanol–water partition coefficient (Wildman–Crippen LogP) is 1.95. The number of pyridine rings is 1. The molecule has 1 amide bonds. The summed E-state index contributed by atoms with van der Waals surface area (Å²) in [5.41, 5.74) is 4.84. The van der Waals surface area contributed by atoms with E-state index < -0.39 is 0 Å². The number of benzene rings is 1. The van der Waals surface area contributed by atoms with Gasteiger partial charge in [-0.15, -0.1) is 0 Å². The standard InChI is InChI=1S/C14H16N4O/c1-10-5-7-11(8-6-10)18(2)14(19)12-4-3-9-16-13(12)17-15/h3-9H,15H2,1-2H3,(H,16,17). The monoisotopic (exact) mass is 256 g/mol. The Hall–Kier alpha value is -2.40. The first kappa shape index (κ1) is 13.0. The number of nitrogens with zero attached hydrogens (tertiary/aromatic N) is 2. The molecule has 2 aromatic rings. The molecule has 0 aliphatic rings. The molecule has 0 spiro atoms. The van der Waals surface area contributed by atoms with E-state index in [4.69, 9.17) is 5.84 Å². The highest BCUT2D eigenvalue weighted by atomic mass is 16.2. The first-order valence-electron chi connectivity index (χ1n) is 5.90. The number of carbonyl (C=O) groups is 1. The molecule has 1 heterocycles. The number of hydrazine groups is 1. The molecule has 5 heteroatoms. The van der Waals surface area contributed by atoms with E-state index in [9.17, 15) is 4.79 Å². The quantitative estimate of drug-likeness (QED) is 0.650. The van der Waals surface area contributed by atoms with Crippen LogP contribution in [-0.2, 0) is 0 Å². The van der Waals surface area contributed by atoms with Crippen molar-refractivity contribution in [1.29, 1.82) is 0 Å². The van der Waals surface area contributed by atoms with Crippen LogP contribution >= 0.6 is 0 Å². The Kier molecular flexibility index (Phi) is 3.77. The number of anilines is 2. The van der Waals surface area contributed by atoms with Crippen molar-refractivity contribution in [3.8, 4) is 0 Å². The van der Waals surface area contributed by atoms with Gasteiger partial charge in [0.1, 0.15) is 0 Å². The molecule has 98 valence electrons. The van der Waals surface area contributed by atoms with Gasteiger partial charge in [-0.05, 0) is 31.2 Å². The third kappa shape index (κ3) is 2.71. The molecule has 0 saturated heterocycles. The van der Waals surface area contributed by atoms with Crippen LogP contribution in [0.4, 0.5) is 11.5 Å². The zero-order valence-electron chi connectivity index (χ0n) is 10.9. The van der Waals surface area contributed by atoms with Gasteiger partial charge in [0.15, 0.2) is 5.82 Å². The molecule has 3 N–H and O–H groups in total. The van der Waals surface area contributed by atoms with Crippen LogP contribution in [0.5, 0.6) is 0 Å². The van der Waals surface area contributed by atoms with Crippen molar-refractivity contribution in [1.82, 2.24) is 4.98 Å². The summed E-state index contributed by atoms with van der Waals surface area (Å²) in [6.07, 6.45) is 1.58. The Labute approximate surface area is 112 Å². The fourth-order valence-electron chi connectivity index (χ4n) is 1.76. The number of hydrogen-bond donors (Lipinski definition) is 2. The van der Waals surface area contributed by atoms with Crippen LogP contribution in [0.3, 0.4) is 0 Å². The van der Waals surface area contributed by atoms with Gasteiger partial charge < -0.3 is 10.3 Å². The van der Waals surface area contributed by atoms with Gasteiger partial charge in [-0.3, -0.25) is 4.79 Å². The summed E-state index contributed by atoms with van der Waals surface area (Å²) < 4.78 is 0. The molecule has 5 nitrogen and oxygen atoms in total. The maximum absolute atomic E-state index is 12.4. The molecular formula is C14H16N4O. The van der Waals surface area contributed by atoms with Crippen LogP contribution in [0.15, 0.2) is 42.6 Å². The molecule has 0 aliphatic carbocycles. The van der Waals surface area contributed by atoms with Gasteiger partial charge in [0, 0.05) is 18.9 Å². The Morgan fingerprint density at radius 1 is 1.26 bits per heavy atom. The summed E-state index contributed by atoms with van der Waals surface area (Å²) in [6.45, 7) is 2.00. The second kappa shape index (κ2) is 5.49. The minimum Gasteiger partial charge on any atom is -0.311 e. The number of amides is 1. The van der Waals surface area contributed by atoms with Crippen molar-refractivity contribution in [2.75, 3.05) is 17.4 Å². The number of rotatable bonds is 3. The Balaban J connectivity index is 2.30. The normalized spacial score (nSPS) is 10.1. The highest BCUT2D eigenvalue weighted by molar-refractivity contribution is 6.08. The van der Waals surface area contributed by atoms with Crippen molar-refractivity contribution >= 4 is 17.4 Å². The SMILES string of the molecule is Cc1ccc(N(C)C(=O)c2cccnc2NN)cc1. The van der Waals surface area contributed by atoms with Gasteiger partial charge in [0.2, 0.25) is 0 Å². The van der Waals surface area contributed by atoms with Crippen LogP contribution in [0.25, 0.3) is 0 Å². The Bertz CT molecular complexity index is 580. The average molecular weight is 256 g/mol. The molecule has 0 bridgehead atoms. The number of nitrogens with one attached hydrogen (secondary N) is 1. The fraction of sp³-hybridized carbons (Fsp3) is 0.143. The van der Waals surface area contributed by atoms with Gasteiger partial charge in [-0.1, -0.05) is 17.7 Å². The highest BCUT2D eigenvalue weighted by Gasteiger charge is 2.17. The van der Waals surface area contributed by atoms with E-state index >= 15 is 0 Å². The van der Waals surface area contributed by atoms with Crippen molar-refractivity contribution in [3.63, 3.8) is 0 Å². The van der Waals surface area contributed by atoms with E-state index in [0.717, 1.165) is 11.3 Å². The number of aryl methyl sites for hydroxylation is 1. The highest BCUT2D eigenvalue weighted by Crippen LogP contribution is 2.19. The average Bonchev–Trinajstić information content (AvgIpc) is 2.46. The largest absolute Gasteiger partial charge is 0.311 e. The van der Waals surface area contributed by atoms with Gasteiger partial charge >= 0.3 is 0 Å². The molecule has 0 unspecified atom stereocenters. The zero-order chi connectivity index (χ0) is 13.8. The van der Waals surface area contributed by atoms with Crippen LogP contribution in [0.1, 0.15) is 15.9 Å². The molecule has 2 rings (SSSR count). The van der Waals surface area contributed by atoms with Gasteiger partial charge in [-0.2, -0.15) is 0 Å². The molecule has 1 aromatic carbocycles. The lowest BCUT2D eigenvalue weighted by atomic mass is 10.2. The minimum absolute atomic E-state index is 0.162. The molecule has 0 saturated carbocycles. The summed E-state index contributed by atoms with van der Waals surface area (Å²) in [4.78, 5) is 18.0. The molecule has 1 aromatic heterocycles. The van der Waals surface area contributed by atoms with E-state index in [2.05, 4.69) is 10.4 Å². The molecule has 0 radical (unpaired) electrons. The van der Waals surface area contributed by atoms with Gasteiger partial charge in [-0.25, -0.2) is 10.8 Å². The van der Waals surface area contributed by atoms with Gasteiger partial charge in [0.25, 0.3) is 5.91 Å². The minimum atomic E-state index is -0.162. The molecular weight excluding hydrogens is 240 g/mol. The lowest BCUT2D eigenvalue weighted by molar-refractivity contribution is 0.0993. The number of nitrogen functional groups attached to an aromatic ring is 1. The summed E-state index contributed by atoms with van der Waals surface area (Å²) in [6, 6.07) is 11.1. The number of aromatic nitrogens is 1. The number of nitrogens with two attached hydrogens (primary N) is 1. The molecule has 19 heavy (non-hydrogen) atoms.